The summed E-state index contributed by atoms with van der Waals surface area (Å²) in [5, 5.41) is 10.6. The van der Waals surface area contributed by atoms with E-state index in [9.17, 15) is 24.3 Å². The zero-order chi connectivity index (χ0) is 18.5. The van der Waals surface area contributed by atoms with Crippen LogP contribution >= 0.6 is 0 Å². The van der Waals surface area contributed by atoms with Gasteiger partial charge in [0.15, 0.2) is 17.3 Å². The van der Waals surface area contributed by atoms with Gasteiger partial charge in [0.05, 0.1) is 18.2 Å². The number of fused-ring (bicyclic) bond motifs is 2. The van der Waals surface area contributed by atoms with E-state index in [1.807, 2.05) is 0 Å². The fraction of sp³-hybridized carbons (Fsp3) is 0.294. The molecule has 2 aliphatic rings. The number of ether oxygens (including phenoxy) is 3. The number of hydrogen-bond donors (Lipinski definition) is 1. The van der Waals surface area contributed by atoms with Crippen molar-refractivity contribution in [3.8, 4) is 11.5 Å². The van der Waals surface area contributed by atoms with E-state index in [0.29, 0.717) is 0 Å². The minimum atomic E-state index is -0.843. The lowest BCUT2D eigenvalue weighted by molar-refractivity contribution is -0.131. The molecule has 8 heteroatoms. The highest BCUT2D eigenvalue weighted by atomic mass is 16.6. The van der Waals surface area contributed by atoms with Crippen molar-refractivity contribution >= 4 is 23.5 Å². The van der Waals surface area contributed by atoms with Gasteiger partial charge >= 0.3 is 11.9 Å². The van der Waals surface area contributed by atoms with Gasteiger partial charge in [0.1, 0.15) is 17.4 Å². The van der Waals surface area contributed by atoms with Gasteiger partial charge in [-0.15, -0.1) is 0 Å². The molecule has 1 aliphatic carbocycles. The molecule has 0 radical (unpaired) electrons. The zero-order valence-electron chi connectivity index (χ0n) is 13.7. The van der Waals surface area contributed by atoms with Crippen molar-refractivity contribution in [1.29, 1.82) is 0 Å². The molecule has 0 spiro atoms. The summed E-state index contributed by atoms with van der Waals surface area (Å²) >= 11 is 0. The Balaban J connectivity index is 2.41. The van der Waals surface area contributed by atoms with E-state index in [2.05, 4.69) is 0 Å². The number of aromatic hydroxyl groups is 1. The highest BCUT2D eigenvalue weighted by Crippen LogP contribution is 2.44. The van der Waals surface area contributed by atoms with Crippen LogP contribution in [0.15, 0.2) is 11.8 Å². The molecular weight excluding hydrogens is 332 g/mol. The predicted octanol–water partition coefficient (Wildman–Crippen LogP) is 1.33. The number of phenolic OH excluding ortho intramolecular Hbond substituents is 1. The molecule has 1 unspecified atom stereocenters. The summed E-state index contributed by atoms with van der Waals surface area (Å²) in [5.74, 6) is -4.24. The maximum Gasteiger partial charge on any atom is 0.342 e. The Morgan fingerprint density at radius 1 is 1.24 bits per heavy atom. The van der Waals surface area contributed by atoms with Crippen LogP contribution in [-0.2, 0) is 20.7 Å². The number of benzene rings is 1. The van der Waals surface area contributed by atoms with E-state index in [4.69, 9.17) is 14.2 Å². The van der Waals surface area contributed by atoms with Gasteiger partial charge in [-0.1, -0.05) is 0 Å². The molecule has 0 saturated heterocycles. The Labute approximate surface area is 142 Å². The molecule has 1 aromatic carbocycles. The molecule has 3 rings (SSSR count). The number of phenols is 1. The number of carbonyl (C=O) groups is 4. The van der Waals surface area contributed by atoms with Crippen molar-refractivity contribution < 1.29 is 38.5 Å². The molecule has 1 aliphatic heterocycles. The van der Waals surface area contributed by atoms with Gasteiger partial charge in [0.2, 0.25) is 5.78 Å². The van der Waals surface area contributed by atoms with E-state index in [-0.39, 0.29) is 40.2 Å². The third kappa shape index (κ3) is 2.46. The SMILES string of the molecule is COC1=CC(=O)c2c(OC(C)=O)c3c(c(O)c2C1=O)CC(C)OC3=O. The van der Waals surface area contributed by atoms with Crippen molar-refractivity contribution in [3.63, 3.8) is 0 Å². The monoisotopic (exact) mass is 346 g/mol. The third-order valence-electron chi connectivity index (χ3n) is 3.96. The van der Waals surface area contributed by atoms with Crippen LogP contribution in [0.1, 0.15) is 50.5 Å². The molecular formula is C17H14O8. The smallest absolute Gasteiger partial charge is 0.342 e. The number of Topliss-reactive ketones (excluding diaryl/α,β-unsaturated/α-hetero) is 1. The van der Waals surface area contributed by atoms with Gasteiger partial charge in [-0.3, -0.25) is 14.4 Å². The number of carbonyl (C=O) groups excluding carboxylic acids is 4. The van der Waals surface area contributed by atoms with Crippen LogP contribution in [0.3, 0.4) is 0 Å². The molecule has 0 bridgehead atoms. The van der Waals surface area contributed by atoms with Crippen LogP contribution in [0.25, 0.3) is 0 Å². The second-order valence-corrected chi connectivity index (χ2v) is 5.70. The predicted molar refractivity (Wildman–Crippen MR) is 81.8 cm³/mol. The molecule has 0 saturated carbocycles. The first-order chi connectivity index (χ1) is 11.8. The number of methoxy groups -OCH3 is 1. The van der Waals surface area contributed by atoms with Crippen molar-refractivity contribution in [2.45, 2.75) is 26.4 Å². The largest absolute Gasteiger partial charge is 0.507 e. The lowest BCUT2D eigenvalue weighted by Gasteiger charge is -2.28. The first-order valence-electron chi connectivity index (χ1n) is 7.42. The number of esters is 2. The summed E-state index contributed by atoms with van der Waals surface area (Å²) in [6, 6.07) is 0. The molecule has 0 amide bonds. The lowest BCUT2D eigenvalue weighted by Crippen LogP contribution is -2.30. The van der Waals surface area contributed by atoms with Crippen molar-refractivity contribution in [1.82, 2.24) is 0 Å². The summed E-state index contributed by atoms with van der Waals surface area (Å²) in [7, 11) is 1.21. The zero-order valence-corrected chi connectivity index (χ0v) is 13.7. The molecule has 25 heavy (non-hydrogen) atoms. The minimum absolute atomic E-state index is 0.0947. The first-order valence-corrected chi connectivity index (χ1v) is 7.42. The summed E-state index contributed by atoms with van der Waals surface area (Å²) in [4.78, 5) is 48.7. The maximum atomic E-state index is 12.5. The standard InChI is InChI=1S/C17H14O8/c1-6-4-8-11(17(22)24-6)16(25-7(2)18)12-9(19)5-10(23-3)15(21)13(12)14(8)20/h5-6,20H,4H2,1-3H3. The van der Waals surface area contributed by atoms with E-state index in [1.165, 1.54) is 7.11 Å². The fourth-order valence-electron chi connectivity index (χ4n) is 2.98. The Hall–Kier alpha value is -3.16. The van der Waals surface area contributed by atoms with Gasteiger partial charge in [-0.25, -0.2) is 4.79 Å². The number of allylic oxidation sites excluding steroid dienone is 2. The van der Waals surface area contributed by atoms with Crippen LogP contribution in [0, 0.1) is 0 Å². The van der Waals surface area contributed by atoms with Crippen LogP contribution in [0.4, 0.5) is 0 Å². The van der Waals surface area contributed by atoms with Crippen molar-refractivity contribution in [2.75, 3.05) is 7.11 Å². The molecule has 0 fully saturated rings. The molecule has 1 aromatic rings. The maximum absolute atomic E-state index is 12.5. The summed E-state index contributed by atoms with van der Waals surface area (Å²) in [6.07, 6.45) is 0.461. The average molecular weight is 346 g/mol. The van der Waals surface area contributed by atoms with Crippen LogP contribution in [-0.4, -0.2) is 41.8 Å². The second-order valence-electron chi connectivity index (χ2n) is 5.70. The lowest BCUT2D eigenvalue weighted by atomic mass is 9.84. The Bertz CT molecular complexity index is 877. The molecule has 1 heterocycles. The third-order valence-corrected chi connectivity index (χ3v) is 3.96. The number of hydrogen-bond acceptors (Lipinski definition) is 8. The second kappa shape index (κ2) is 5.73. The fourth-order valence-corrected chi connectivity index (χ4v) is 2.98. The Morgan fingerprint density at radius 2 is 1.92 bits per heavy atom. The van der Waals surface area contributed by atoms with E-state index < -0.39 is 35.4 Å². The molecule has 0 aromatic heterocycles. The normalized spacial score (nSPS) is 18.8. The van der Waals surface area contributed by atoms with Gasteiger partial charge in [0, 0.05) is 25.0 Å². The molecule has 1 atom stereocenters. The quantitative estimate of drug-likeness (QED) is 0.630. The highest BCUT2D eigenvalue weighted by Gasteiger charge is 2.41. The highest BCUT2D eigenvalue weighted by molar-refractivity contribution is 6.27. The average Bonchev–Trinajstić information content (AvgIpc) is 2.52. The van der Waals surface area contributed by atoms with E-state index in [1.54, 1.807) is 6.92 Å². The summed E-state index contributed by atoms with van der Waals surface area (Å²) in [5.41, 5.74) is -0.831. The topological polar surface area (TPSA) is 116 Å². The minimum Gasteiger partial charge on any atom is -0.507 e. The first kappa shape index (κ1) is 16.7. The van der Waals surface area contributed by atoms with Gasteiger partial charge in [0.25, 0.3) is 0 Å². The van der Waals surface area contributed by atoms with Gasteiger partial charge < -0.3 is 19.3 Å². The molecule has 8 nitrogen and oxygen atoms in total. The van der Waals surface area contributed by atoms with E-state index >= 15 is 0 Å². The van der Waals surface area contributed by atoms with Gasteiger partial charge in [-0.2, -0.15) is 0 Å². The number of ketones is 2. The Morgan fingerprint density at radius 3 is 2.52 bits per heavy atom. The summed E-state index contributed by atoms with van der Waals surface area (Å²) in [6.45, 7) is 2.70. The number of rotatable bonds is 2. The Kier molecular flexibility index (Phi) is 3.82. The molecule has 1 N–H and O–H groups in total. The van der Waals surface area contributed by atoms with Crippen LogP contribution in [0.2, 0.25) is 0 Å². The van der Waals surface area contributed by atoms with Gasteiger partial charge in [-0.05, 0) is 6.92 Å². The van der Waals surface area contributed by atoms with Crippen molar-refractivity contribution in [3.05, 3.63) is 34.1 Å². The van der Waals surface area contributed by atoms with Crippen molar-refractivity contribution in [2.24, 2.45) is 0 Å². The number of cyclic esters (lactones) is 1. The van der Waals surface area contributed by atoms with Crippen LogP contribution in [0.5, 0.6) is 11.5 Å². The summed E-state index contributed by atoms with van der Waals surface area (Å²) < 4.78 is 15.0. The van der Waals surface area contributed by atoms with E-state index in [0.717, 1.165) is 13.0 Å². The molecule has 130 valence electrons. The van der Waals surface area contributed by atoms with Crippen LogP contribution < -0.4 is 4.74 Å².